The number of halogens is 2. The van der Waals surface area contributed by atoms with Gasteiger partial charge in [-0.3, -0.25) is 9.69 Å². The molecule has 3 aromatic carbocycles. The van der Waals surface area contributed by atoms with Gasteiger partial charge in [0.1, 0.15) is 5.82 Å². The van der Waals surface area contributed by atoms with Gasteiger partial charge >= 0.3 is 0 Å². The number of amides is 1. The summed E-state index contributed by atoms with van der Waals surface area (Å²) in [5.41, 5.74) is 3.98. The van der Waals surface area contributed by atoms with E-state index in [4.69, 9.17) is 11.6 Å². The van der Waals surface area contributed by atoms with E-state index < -0.39 is 0 Å². The number of nitrogens with one attached hydrogen (secondary N) is 1. The van der Waals surface area contributed by atoms with Crippen molar-refractivity contribution in [1.29, 1.82) is 0 Å². The molecule has 5 heteroatoms. The van der Waals surface area contributed by atoms with Gasteiger partial charge in [0.05, 0.1) is 6.04 Å². The lowest BCUT2D eigenvalue weighted by atomic mass is 9.92. The summed E-state index contributed by atoms with van der Waals surface area (Å²) in [6.45, 7) is 4.14. The second kappa shape index (κ2) is 10.3. The molecular formula is C27H28ClFN2O. The molecule has 4 rings (SSSR count). The molecule has 32 heavy (non-hydrogen) atoms. The van der Waals surface area contributed by atoms with E-state index in [2.05, 4.69) is 41.4 Å². The molecule has 0 radical (unpaired) electrons. The maximum absolute atomic E-state index is 14.1. The van der Waals surface area contributed by atoms with Crippen molar-refractivity contribution in [3.8, 4) is 0 Å². The van der Waals surface area contributed by atoms with Crippen molar-refractivity contribution in [1.82, 2.24) is 10.2 Å². The molecule has 3 nitrogen and oxygen atoms in total. The largest absolute Gasteiger partial charge is 0.345 e. The summed E-state index contributed by atoms with van der Waals surface area (Å²) < 4.78 is 14.1. The third-order valence-corrected chi connectivity index (χ3v) is 6.52. The summed E-state index contributed by atoms with van der Waals surface area (Å²) in [7, 11) is 0. The Morgan fingerprint density at radius 2 is 1.75 bits per heavy atom. The molecule has 0 unspecified atom stereocenters. The van der Waals surface area contributed by atoms with E-state index in [1.165, 1.54) is 6.07 Å². The van der Waals surface area contributed by atoms with Crippen LogP contribution in [0.3, 0.4) is 0 Å². The van der Waals surface area contributed by atoms with Gasteiger partial charge in [0.15, 0.2) is 0 Å². The average Bonchev–Trinajstić information content (AvgIpc) is 2.81. The van der Waals surface area contributed by atoms with Crippen LogP contribution < -0.4 is 5.32 Å². The highest BCUT2D eigenvalue weighted by Crippen LogP contribution is 2.27. The first-order valence-corrected chi connectivity index (χ1v) is 11.5. The fourth-order valence-corrected chi connectivity index (χ4v) is 4.56. The number of hydrogen-bond acceptors (Lipinski definition) is 2. The molecule has 1 aliphatic rings. The number of piperidine rings is 1. The minimum Gasteiger partial charge on any atom is -0.345 e. The molecule has 3 aromatic rings. The van der Waals surface area contributed by atoms with Gasteiger partial charge in [-0.2, -0.15) is 0 Å². The summed E-state index contributed by atoms with van der Waals surface area (Å²) in [4.78, 5) is 15.4. The van der Waals surface area contributed by atoms with E-state index in [9.17, 15) is 9.18 Å². The van der Waals surface area contributed by atoms with Crippen LogP contribution in [0.4, 0.5) is 4.39 Å². The van der Waals surface area contributed by atoms with Crippen molar-refractivity contribution in [2.24, 2.45) is 5.92 Å². The van der Waals surface area contributed by atoms with Gasteiger partial charge in [-0.1, -0.05) is 72.3 Å². The Kier molecular flexibility index (Phi) is 7.23. The van der Waals surface area contributed by atoms with Gasteiger partial charge in [-0.05, 0) is 61.7 Å². The summed E-state index contributed by atoms with van der Waals surface area (Å²) in [6, 6.07) is 22.9. The van der Waals surface area contributed by atoms with Crippen LogP contribution in [0.1, 0.15) is 41.1 Å². The Hall–Kier alpha value is -2.69. The minimum atomic E-state index is -0.277. The number of carbonyl (C=O) groups is 1. The highest BCUT2D eigenvalue weighted by Gasteiger charge is 2.28. The molecule has 1 aliphatic heterocycles. The van der Waals surface area contributed by atoms with E-state index in [0.717, 1.165) is 42.6 Å². The van der Waals surface area contributed by atoms with Gasteiger partial charge in [0.25, 0.3) is 0 Å². The maximum atomic E-state index is 14.1. The minimum absolute atomic E-state index is 0.0449. The Morgan fingerprint density at radius 1 is 1.06 bits per heavy atom. The molecule has 0 saturated carbocycles. The van der Waals surface area contributed by atoms with Crippen molar-refractivity contribution in [2.45, 2.75) is 32.4 Å². The Morgan fingerprint density at radius 3 is 2.44 bits per heavy atom. The van der Waals surface area contributed by atoms with Crippen molar-refractivity contribution >= 4 is 17.5 Å². The van der Waals surface area contributed by atoms with Gasteiger partial charge in [-0.15, -0.1) is 0 Å². The van der Waals surface area contributed by atoms with Crippen LogP contribution in [0.15, 0.2) is 72.8 Å². The van der Waals surface area contributed by atoms with E-state index in [-0.39, 0.29) is 23.7 Å². The first-order valence-electron chi connectivity index (χ1n) is 11.1. The van der Waals surface area contributed by atoms with Crippen LogP contribution in [-0.2, 0) is 11.3 Å². The molecule has 1 saturated heterocycles. The standard InChI is InChI=1S/C27H28ClFN2O/c1-19-7-5-6-10-24(19)26(20-8-3-2-4-9-20)30-27(32)21-13-15-31(16-14-21)18-22-11-12-23(28)17-25(22)29/h2-12,17,21,26H,13-16,18H2,1H3,(H,30,32)/t26-/m0/s1. The van der Waals surface area contributed by atoms with Crippen LogP contribution in [0.25, 0.3) is 0 Å². The summed E-state index contributed by atoms with van der Waals surface area (Å²) in [5, 5.41) is 3.71. The molecule has 1 heterocycles. The van der Waals surface area contributed by atoms with Gasteiger partial charge in [0, 0.05) is 23.0 Å². The monoisotopic (exact) mass is 450 g/mol. The third kappa shape index (κ3) is 5.37. The lowest BCUT2D eigenvalue weighted by Gasteiger charge is -2.32. The number of likely N-dealkylation sites (tertiary alicyclic amines) is 1. The van der Waals surface area contributed by atoms with Gasteiger partial charge in [0.2, 0.25) is 5.91 Å². The quantitative estimate of drug-likeness (QED) is 0.506. The number of aryl methyl sites for hydroxylation is 1. The Bertz CT molecular complexity index is 1060. The van der Waals surface area contributed by atoms with E-state index in [0.29, 0.717) is 17.1 Å². The number of rotatable bonds is 6. The lowest BCUT2D eigenvalue weighted by molar-refractivity contribution is -0.127. The molecule has 1 fully saturated rings. The number of nitrogens with zero attached hydrogens (tertiary/aromatic N) is 1. The summed E-state index contributed by atoms with van der Waals surface area (Å²) in [6.07, 6.45) is 1.52. The number of carbonyl (C=O) groups excluding carboxylic acids is 1. The molecule has 0 bridgehead atoms. The van der Waals surface area contributed by atoms with Crippen LogP contribution in [0, 0.1) is 18.7 Å². The van der Waals surface area contributed by atoms with Crippen molar-refractivity contribution in [3.63, 3.8) is 0 Å². The topological polar surface area (TPSA) is 32.3 Å². The molecule has 0 spiro atoms. The fraction of sp³-hybridized carbons (Fsp3) is 0.296. The van der Waals surface area contributed by atoms with Crippen molar-refractivity contribution < 1.29 is 9.18 Å². The molecule has 166 valence electrons. The maximum Gasteiger partial charge on any atom is 0.223 e. The highest BCUT2D eigenvalue weighted by molar-refractivity contribution is 6.30. The van der Waals surface area contributed by atoms with Crippen molar-refractivity contribution in [3.05, 3.63) is 106 Å². The SMILES string of the molecule is Cc1ccccc1[C@@H](NC(=O)C1CCN(Cc2ccc(Cl)cc2F)CC1)c1ccccc1. The zero-order valence-electron chi connectivity index (χ0n) is 18.2. The molecule has 1 amide bonds. The molecule has 0 aromatic heterocycles. The summed E-state index contributed by atoms with van der Waals surface area (Å²) >= 11 is 5.86. The van der Waals surface area contributed by atoms with Crippen LogP contribution in [0.5, 0.6) is 0 Å². The zero-order valence-corrected chi connectivity index (χ0v) is 19.0. The Labute approximate surface area is 194 Å². The van der Waals surface area contributed by atoms with E-state index in [1.54, 1.807) is 12.1 Å². The predicted molar refractivity (Wildman–Crippen MR) is 127 cm³/mol. The molecular weight excluding hydrogens is 423 g/mol. The fourth-order valence-electron chi connectivity index (χ4n) is 4.40. The molecule has 0 aliphatic carbocycles. The molecule has 1 atom stereocenters. The predicted octanol–water partition coefficient (Wildman–Crippen LogP) is 5.91. The number of hydrogen-bond donors (Lipinski definition) is 1. The van der Waals surface area contributed by atoms with Crippen LogP contribution >= 0.6 is 11.6 Å². The lowest BCUT2D eigenvalue weighted by Crippen LogP contribution is -2.41. The number of benzene rings is 3. The van der Waals surface area contributed by atoms with E-state index in [1.807, 2.05) is 30.3 Å². The average molecular weight is 451 g/mol. The summed E-state index contributed by atoms with van der Waals surface area (Å²) in [5.74, 6) is -0.239. The normalized spacial score (nSPS) is 16.0. The smallest absolute Gasteiger partial charge is 0.223 e. The van der Waals surface area contributed by atoms with Crippen LogP contribution in [-0.4, -0.2) is 23.9 Å². The van der Waals surface area contributed by atoms with Gasteiger partial charge < -0.3 is 5.32 Å². The third-order valence-electron chi connectivity index (χ3n) is 6.29. The second-order valence-corrected chi connectivity index (χ2v) is 8.93. The highest BCUT2D eigenvalue weighted by atomic mass is 35.5. The first kappa shape index (κ1) is 22.5. The molecule has 1 N–H and O–H groups in total. The first-order chi connectivity index (χ1) is 15.5. The van der Waals surface area contributed by atoms with Gasteiger partial charge in [-0.25, -0.2) is 4.39 Å². The Balaban J connectivity index is 1.41. The van der Waals surface area contributed by atoms with Crippen LogP contribution in [0.2, 0.25) is 5.02 Å². The zero-order chi connectivity index (χ0) is 22.5. The van der Waals surface area contributed by atoms with E-state index >= 15 is 0 Å². The second-order valence-electron chi connectivity index (χ2n) is 8.50. The van der Waals surface area contributed by atoms with Crippen molar-refractivity contribution in [2.75, 3.05) is 13.1 Å².